The van der Waals surface area contributed by atoms with Crippen LogP contribution in [0.4, 0.5) is 5.13 Å². The average Bonchev–Trinajstić information content (AvgIpc) is 3.19. The molecule has 0 unspecified atom stereocenters. The maximum atomic E-state index is 12.2. The molecule has 4 nitrogen and oxygen atoms in total. The second kappa shape index (κ2) is 6.83. The number of benzene rings is 1. The Morgan fingerprint density at radius 3 is 2.73 bits per heavy atom. The van der Waals surface area contributed by atoms with E-state index in [0.717, 1.165) is 16.1 Å². The molecule has 2 heterocycles. The van der Waals surface area contributed by atoms with Crippen molar-refractivity contribution >= 4 is 33.7 Å². The van der Waals surface area contributed by atoms with Crippen LogP contribution in [0, 0.1) is 0 Å². The quantitative estimate of drug-likeness (QED) is 0.760. The van der Waals surface area contributed by atoms with E-state index < -0.39 is 0 Å². The predicted molar refractivity (Wildman–Crippen MR) is 90.5 cm³/mol. The van der Waals surface area contributed by atoms with E-state index in [1.807, 2.05) is 35.0 Å². The average molecular weight is 330 g/mol. The molecule has 0 saturated heterocycles. The summed E-state index contributed by atoms with van der Waals surface area (Å²) in [7, 11) is 1.65. The lowest BCUT2D eigenvalue weighted by atomic mass is 10.1. The zero-order chi connectivity index (χ0) is 15.4. The Bertz CT molecular complexity index is 749. The van der Waals surface area contributed by atoms with E-state index in [4.69, 9.17) is 4.74 Å². The van der Waals surface area contributed by atoms with Gasteiger partial charge < -0.3 is 4.74 Å². The molecule has 22 heavy (non-hydrogen) atoms. The second-order valence-electron chi connectivity index (χ2n) is 4.60. The molecule has 0 radical (unpaired) electrons. The number of amides is 1. The van der Waals surface area contributed by atoms with E-state index >= 15 is 0 Å². The molecule has 112 valence electrons. The lowest BCUT2D eigenvalue weighted by Gasteiger charge is -2.03. The van der Waals surface area contributed by atoms with Gasteiger partial charge in [0, 0.05) is 18.1 Å². The van der Waals surface area contributed by atoms with Crippen molar-refractivity contribution in [2.45, 2.75) is 6.61 Å². The molecule has 0 aliphatic rings. The van der Waals surface area contributed by atoms with Gasteiger partial charge in [-0.15, -0.1) is 22.7 Å². The number of anilines is 1. The Morgan fingerprint density at radius 1 is 1.23 bits per heavy atom. The highest BCUT2D eigenvalue weighted by Gasteiger charge is 2.10. The highest BCUT2D eigenvalue weighted by Crippen LogP contribution is 2.28. The SMILES string of the molecule is COCc1ccc(C(=O)Nc2nc(-c3cccs3)cs2)cc1. The van der Waals surface area contributed by atoms with Crippen LogP contribution in [-0.2, 0) is 11.3 Å². The van der Waals surface area contributed by atoms with E-state index in [1.54, 1.807) is 30.6 Å². The van der Waals surface area contributed by atoms with Gasteiger partial charge in [0.2, 0.25) is 0 Å². The lowest BCUT2D eigenvalue weighted by Crippen LogP contribution is -2.11. The molecule has 0 saturated carbocycles. The summed E-state index contributed by atoms with van der Waals surface area (Å²) in [5, 5.41) is 7.40. The van der Waals surface area contributed by atoms with Gasteiger partial charge in [-0.05, 0) is 29.1 Å². The van der Waals surface area contributed by atoms with Gasteiger partial charge >= 0.3 is 0 Å². The van der Waals surface area contributed by atoms with Crippen LogP contribution in [0.25, 0.3) is 10.6 Å². The number of hydrogen-bond donors (Lipinski definition) is 1. The van der Waals surface area contributed by atoms with Gasteiger partial charge in [-0.25, -0.2) is 4.98 Å². The van der Waals surface area contributed by atoms with E-state index in [1.165, 1.54) is 11.3 Å². The van der Waals surface area contributed by atoms with Gasteiger partial charge in [-0.3, -0.25) is 10.1 Å². The lowest BCUT2D eigenvalue weighted by molar-refractivity contribution is 0.102. The number of carbonyl (C=O) groups is 1. The van der Waals surface area contributed by atoms with Crippen LogP contribution in [-0.4, -0.2) is 18.0 Å². The van der Waals surface area contributed by atoms with E-state index in [-0.39, 0.29) is 5.91 Å². The molecular formula is C16H14N2O2S2. The number of aromatic nitrogens is 1. The van der Waals surface area contributed by atoms with Crippen molar-refractivity contribution < 1.29 is 9.53 Å². The van der Waals surface area contributed by atoms with Crippen LogP contribution in [0.1, 0.15) is 15.9 Å². The zero-order valence-corrected chi connectivity index (χ0v) is 13.5. The molecule has 0 aliphatic carbocycles. The number of nitrogens with one attached hydrogen (secondary N) is 1. The highest BCUT2D eigenvalue weighted by molar-refractivity contribution is 7.16. The van der Waals surface area contributed by atoms with Gasteiger partial charge in [0.25, 0.3) is 5.91 Å². The summed E-state index contributed by atoms with van der Waals surface area (Å²) >= 11 is 3.06. The third kappa shape index (κ3) is 3.41. The Morgan fingerprint density at radius 2 is 2.05 bits per heavy atom. The minimum atomic E-state index is -0.156. The summed E-state index contributed by atoms with van der Waals surface area (Å²) in [5.74, 6) is -0.156. The molecule has 3 aromatic rings. The number of hydrogen-bond acceptors (Lipinski definition) is 5. The number of ether oxygens (including phenoxy) is 1. The van der Waals surface area contributed by atoms with Crippen molar-refractivity contribution in [3.8, 4) is 10.6 Å². The van der Waals surface area contributed by atoms with Crippen LogP contribution in [0.15, 0.2) is 47.2 Å². The maximum Gasteiger partial charge on any atom is 0.257 e. The topological polar surface area (TPSA) is 51.2 Å². The summed E-state index contributed by atoms with van der Waals surface area (Å²) in [6.45, 7) is 0.540. The fourth-order valence-electron chi connectivity index (χ4n) is 1.96. The van der Waals surface area contributed by atoms with Gasteiger partial charge in [0.15, 0.2) is 5.13 Å². The summed E-state index contributed by atoms with van der Waals surface area (Å²) < 4.78 is 5.05. The fourth-order valence-corrected chi connectivity index (χ4v) is 3.42. The Labute approximate surface area is 136 Å². The summed E-state index contributed by atoms with van der Waals surface area (Å²) in [6.07, 6.45) is 0. The number of thiazole rings is 1. The predicted octanol–water partition coefficient (Wildman–Crippen LogP) is 4.27. The van der Waals surface area contributed by atoms with Crippen molar-refractivity contribution in [2.24, 2.45) is 0 Å². The number of methoxy groups -OCH3 is 1. The molecule has 0 fully saturated rings. The van der Waals surface area contributed by atoms with E-state index in [2.05, 4.69) is 10.3 Å². The largest absolute Gasteiger partial charge is 0.380 e. The van der Waals surface area contributed by atoms with Crippen LogP contribution in [0.3, 0.4) is 0 Å². The molecule has 0 bridgehead atoms. The molecule has 1 amide bonds. The second-order valence-corrected chi connectivity index (χ2v) is 6.41. The molecule has 3 rings (SSSR count). The molecule has 0 spiro atoms. The number of carbonyl (C=O) groups excluding carboxylic acids is 1. The minimum absolute atomic E-state index is 0.156. The van der Waals surface area contributed by atoms with Crippen LogP contribution in [0.2, 0.25) is 0 Å². The first kappa shape index (κ1) is 14.9. The summed E-state index contributed by atoms with van der Waals surface area (Å²) in [6, 6.07) is 11.3. The number of thiophene rings is 1. The van der Waals surface area contributed by atoms with E-state index in [0.29, 0.717) is 17.3 Å². The van der Waals surface area contributed by atoms with Crippen LogP contribution < -0.4 is 5.32 Å². The first-order chi connectivity index (χ1) is 10.8. The Hall–Kier alpha value is -2.02. The van der Waals surface area contributed by atoms with Crippen molar-refractivity contribution in [2.75, 3.05) is 12.4 Å². The Kier molecular flexibility index (Phi) is 4.62. The molecule has 0 aliphatic heterocycles. The van der Waals surface area contributed by atoms with Crippen molar-refractivity contribution in [3.63, 3.8) is 0 Å². The van der Waals surface area contributed by atoms with Crippen molar-refractivity contribution in [1.29, 1.82) is 0 Å². The van der Waals surface area contributed by atoms with Gasteiger partial charge in [0.1, 0.15) is 0 Å². The molecule has 1 N–H and O–H groups in total. The smallest absolute Gasteiger partial charge is 0.257 e. The monoisotopic (exact) mass is 330 g/mol. The molecular weight excluding hydrogens is 316 g/mol. The number of rotatable bonds is 5. The molecule has 1 aromatic carbocycles. The van der Waals surface area contributed by atoms with Crippen LogP contribution >= 0.6 is 22.7 Å². The summed E-state index contributed by atoms with van der Waals surface area (Å²) in [4.78, 5) is 17.7. The zero-order valence-electron chi connectivity index (χ0n) is 11.9. The fraction of sp³-hybridized carbons (Fsp3) is 0.125. The van der Waals surface area contributed by atoms with Gasteiger partial charge in [-0.1, -0.05) is 18.2 Å². The summed E-state index contributed by atoms with van der Waals surface area (Å²) in [5.41, 5.74) is 2.53. The van der Waals surface area contributed by atoms with Gasteiger partial charge in [0.05, 0.1) is 17.2 Å². The van der Waals surface area contributed by atoms with Crippen LogP contribution in [0.5, 0.6) is 0 Å². The highest BCUT2D eigenvalue weighted by atomic mass is 32.1. The van der Waals surface area contributed by atoms with Crippen molar-refractivity contribution in [3.05, 3.63) is 58.3 Å². The van der Waals surface area contributed by atoms with Gasteiger partial charge in [-0.2, -0.15) is 0 Å². The molecule has 0 atom stereocenters. The minimum Gasteiger partial charge on any atom is -0.380 e. The molecule has 6 heteroatoms. The van der Waals surface area contributed by atoms with E-state index in [9.17, 15) is 4.79 Å². The van der Waals surface area contributed by atoms with Crippen molar-refractivity contribution in [1.82, 2.24) is 4.98 Å². The Balaban J connectivity index is 1.69. The number of nitrogens with zero attached hydrogens (tertiary/aromatic N) is 1. The first-order valence-corrected chi connectivity index (χ1v) is 8.41. The first-order valence-electron chi connectivity index (χ1n) is 6.65. The molecule has 2 aromatic heterocycles. The third-order valence-electron chi connectivity index (χ3n) is 3.03. The third-order valence-corrected chi connectivity index (χ3v) is 4.68. The standard InChI is InChI=1S/C16H14N2O2S2/c1-20-9-11-4-6-12(7-5-11)15(19)18-16-17-13(10-22-16)14-3-2-8-21-14/h2-8,10H,9H2,1H3,(H,17,18,19). The maximum absolute atomic E-state index is 12.2. The normalized spacial score (nSPS) is 10.6.